The highest BCUT2D eigenvalue weighted by atomic mass is 32.2. The van der Waals surface area contributed by atoms with Gasteiger partial charge >= 0.3 is 11.3 Å². The van der Waals surface area contributed by atoms with Gasteiger partial charge in [-0.1, -0.05) is 49.7 Å². The molecule has 1 aliphatic heterocycles. The second-order valence-corrected chi connectivity index (χ2v) is 9.28. The summed E-state index contributed by atoms with van der Waals surface area (Å²) >= 11 is 1.51. The number of fused-ring (bicyclic) bond motifs is 3. The van der Waals surface area contributed by atoms with Crippen LogP contribution in [0.25, 0.3) is 11.3 Å². The van der Waals surface area contributed by atoms with Crippen LogP contribution in [-0.4, -0.2) is 35.5 Å². The van der Waals surface area contributed by atoms with Gasteiger partial charge in [0.2, 0.25) is 11.1 Å². The average Bonchev–Trinajstić information content (AvgIpc) is 2.85. The van der Waals surface area contributed by atoms with Crippen molar-refractivity contribution >= 4 is 23.4 Å². The van der Waals surface area contributed by atoms with Crippen molar-refractivity contribution in [1.82, 2.24) is 10.1 Å². The zero-order chi connectivity index (χ0) is 24.9. The number of hydrogen-bond acceptors (Lipinski definition) is 6. The van der Waals surface area contributed by atoms with Crippen molar-refractivity contribution in [2.75, 3.05) is 24.4 Å². The molecule has 9 heteroatoms. The fraction of sp³-hybridized carbons (Fsp3) is 0.385. The van der Waals surface area contributed by atoms with Gasteiger partial charge in [0.15, 0.2) is 11.5 Å². The number of rotatable bonds is 9. The van der Waals surface area contributed by atoms with Gasteiger partial charge in [0, 0.05) is 17.8 Å². The van der Waals surface area contributed by atoms with E-state index in [0.717, 1.165) is 25.0 Å². The van der Waals surface area contributed by atoms with E-state index in [1.807, 2.05) is 49.4 Å². The molecule has 0 radical (unpaired) electrons. The van der Waals surface area contributed by atoms with Crippen molar-refractivity contribution in [1.29, 1.82) is 0 Å². The number of amides is 1. The molecule has 1 unspecified atom stereocenters. The monoisotopic (exact) mass is 495 g/mol. The Hall–Kier alpha value is -3.33. The van der Waals surface area contributed by atoms with Gasteiger partial charge in [-0.2, -0.15) is 0 Å². The van der Waals surface area contributed by atoms with E-state index >= 15 is 0 Å². The molecule has 35 heavy (non-hydrogen) atoms. The lowest BCUT2D eigenvalue weighted by molar-refractivity contribution is -0.763. The van der Waals surface area contributed by atoms with Crippen molar-refractivity contribution < 1.29 is 19.0 Å². The number of methoxy groups -OCH3 is 1. The van der Waals surface area contributed by atoms with Gasteiger partial charge in [0.25, 0.3) is 6.17 Å². The highest BCUT2D eigenvalue weighted by Crippen LogP contribution is 2.42. The topological polar surface area (TPSA) is 88.4 Å². The maximum atomic E-state index is 13.4. The minimum atomic E-state index is -0.731. The number of aromatic amines is 1. The maximum absolute atomic E-state index is 13.4. The van der Waals surface area contributed by atoms with Crippen LogP contribution in [0.5, 0.6) is 11.5 Å². The van der Waals surface area contributed by atoms with Crippen LogP contribution in [0, 0.1) is 0 Å². The van der Waals surface area contributed by atoms with Gasteiger partial charge < -0.3 is 9.47 Å². The SMILES string of the molecule is CCCCCSc1n[n+]2c(c(=O)[nH]1)-c1ccccc1N(C(C)=O)C2c1cccc(OCC)c1OC. The lowest BCUT2D eigenvalue weighted by Crippen LogP contribution is -2.60. The predicted octanol–water partition coefficient (Wildman–Crippen LogP) is 4.33. The molecule has 3 aromatic rings. The predicted molar refractivity (Wildman–Crippen MR) is 136 cm³/mol. The Morgan fingerprint density at radius 1 is 1.17 bits per heavy atom. The maximum Gasteiger partial charge on any atom is 0.325 e. The number of para-hydroxylation sites is 2. The van der Waals surface area contributed by atoms with Crippen LogP contribution >= 0.6 is 11.8 Å². The molecule has 0 spiro atoms. The Balaban J connectivity index is 1.96. The van der Waals surface area contributed by atoms with E-state index in [-0.39, 0.29) is 11.5 Å². The fourth-order valence-corrected chi connectivity index (χ4v) is 5.26. The molecular weight excluding hydrogens is 464 g/mol. The first-order chi connectivity index (χ1) is 17.0. The number of anilines is 1. The Bertz CT molecular complexity index is 1280. The Morgan fingerprint density at radius 3 is 2.69 bits per heavy atom. The molecule has 1 aromatic heterocycles. The Morgan fingerprint density at radius 2 is 1.97 bits per heavy atom. The smallest absolute Gasteiger partial charge is 0.325 e. The summed E-state index contributed by atoms with van der Waals surface area (Å²) in [7, 11) is 1.57. The molecule has 8 nitrogen and oxygen atoms in total. The van der Waals surface area contributed by atoms with Crippen LogP contribution in [0.15, 0.2) is 52.4 Å². The number of thioether (sulfide) groups is 1. The zero-order valence-electron chi connectivity index (χ0n) is 20.5. The van der Waals surface area contributed by atoms with Crippen LogP contribution in [0.1, 0.15) is 51.8 Å². The van der Waals surface area contributed by atoms with Crippen molar-refractivity contribution in [3.8, 4) is 22.8 Å². The summed E-state index contributed by atoms with van der Waals surface area (Å²) in [5.41, 5.74) is 2.11. The first kappa shape index (κ1) is 24.8. The second-order valence-electron chi connectivity index (χ2n) is 8.20. The zero-order valence-corrected chi connectivity index (χ0v) is 21.4. The summed E-state index contributed by atoms with van der Waals surface area (Å²) in [6.07, 6.45) is 2.53. The first-order valence-electron chi connectivity index (χ1n) is 11.9. The summed E-state index contributed by atoms with van der Waals surface area (Å²) < 4.78 is 13.2. The second kappa shape index (κ2) is 10.9. The summed E-state index contributed by atoms with van der Waals surface area (Å²) in [5, 5.41) is 5.36. The minimum absolute atomic E-state index is 0.177. The molecular formula is C26H31N4O4S+. The summed E-state index contributed by atoms with van der Waals surface area (Å²) in [4.78, 5) is 31.1. The summed E-state index contributed by atoms with van der Waals surface area (Å²) in [6, 6.07) is 13.0. The highest BCUT2D eigenvalue weighted by Gasteiger charge is 2.46. The summed E-state index contributed by atoms with van der Waals surface area (Å²) in [6.45, 7) is 6.03. The van der Waals surface area contributed by atoms with E-state index in [0.29, 0.717) is 45.8 Å². The van der Waals surface area contributed by atoms with Crippen LogP contribution in [0.4, 0.5) is 5.69 Å². The lowest BCUT2D eigenvalue weighted by Gasteiger charge is -2.32. The molecule has 1 aliphatic rings. The minimum Gasteiger partial charge on any atom is -0.492 e. The lowest BCUT2D eigenvalue weighted by atomic mass is 10.0. The third-order valence-corrected chi connectivity index (χ3v) is 6.83. The number of aromatic nitrogens is 3. The molecule has 4 rings (SSSR count). The molecule has 1 N–H and O–H groups in total. The number of nitrogens with one attached hydrogen (secondary N) is 1. The average molecular weight is 496 g/mol. The molecule has 0 fully saturated rings. The molecule has 0 saturated carbocycles. The van der Waals surface area contributed by atoms with Crippen molar-refractivity contribution in [3.63, 3.8) is 0 Å². The van der Waals surface area contributed by atoms with Gasteiger partial charge in [-0.3, -0.25) is 14.6 Å². The third-order valence-electron chi connectivity index (χ3n) is 5.88. The van der Waals surface area contributed by atoms with Crippen molar-refractivity contribution in [2.24, 2.45) is 0 Å². The van der Waals surface area contributed by atoms with E-state index in [9.17, 15) is 9.59 Å². The number of H-pyrrole nitrogens is 1. The molecule has 2 heterocycles. The van der Waals surface area contributed by atoms with Crippen LogP contribution in [0.3, 0.4) is 0 Å². The van der Waals surface area contributed by atoms with Gasteiger partial charge in [-0.15, -0.1) is 0 Å². The summed E-state index contributed by atoms with van der Waals surface area (Å²) in [5.74, 6) is 1.74. The van der Waals surface area contributed by atoms with E-state index in [1.54, 1.807) is 16.7 Å². The Labute approximate surface area is 209 Å². The number of carbonyl (C=O) groups is 1. The van der Waals surface area contributed by atoms with Crippen LogP contribution < -0.4 is 24.6 Å². The molecule has 0 saturated heterocycles. The van der Waals surface area contributed by atoms with Crippen LogP contribution in [-0.2, 0) is 4.79 Å². The van der Waals surface area contributed by atoms with Crippen molar-refractivity contribution in [2.45, 2.75) is 51.4 Å². The molecule has 0 bridgehead atoms. The normalized spacial score (nSPS) is 14.3. The number of benzene rings is 2. The fourth-order valence-electron chi connectivity index (χ4n) is 4.40. The van der Waals surface area contributed by atoms with E-state index in [4.69, 9.17) is 14.6 Å². The molecule has 2 aromatic carbocycles. The number of ether oxygens (including phenoxy) is 2. The van der Waals surface area contributed by atoms with Crippen LogP contribution in [0.2, 0.25) is 0 Å². The number of unbranched alkanes of at least 4 members (excludes halogenated alkanes) is 2. The van der Waals surface area contributed by atoms with Gasteiger partial charge in [-0.25, -0.2) is 4.90 Å². The molecule has 0 aliphatic carbocycles. The first-order valence-corrected chi connectivity index (χ1v) is 12.9. The van der Waals surface area contributed by atoms with E-state index in [2.05, 4.69) is 11.9 Å². The quantitative estimate of drug-likeness (QED) is 0.270. The van der Waals surface area contributed by atoms with Crippen molar-refractivity contribution in [3.05, 3.63) is 58.4 Å². The van der Waals surface area contributed by atoms with Gasteiger partial charge in [0.1, 0.15) is 0 Å². The molecule has 1 amide bonds. The van der Waals surface area contributed by atoms with E-state index in [1.165, 1.54) is 18.7 Å². The highest BCUT2D eigenvalue weighted by molar-refractivity contribution is 7.99. The third kappa shape index (κ3) is 4.77. The van der Waals surface area contributed by atoms with Gasteiger partial charge in [0.05, 0.1) is 30.5 Å². The van der Waals surface area contributed by atoms with E-state index < -0.39 is 6.17 Å². The standard InChI is InChI=1S/C26H30N4O4S/c1-5-7-10-16-35-26-27-24(32)22-18-12-8-9-14-20(18)29(17(3)31)25(30(22)28-26)19-13-11-15-21(34-6-2)23(19)33-4/h8-9,11-15,25H,5-7,10,16H2,1-4H3/p+1. The number of nitrogens with zero attached hydrogens (tertiary/aromatic N) is 3. The largest absolute Gasteiger partial charge is 0.492 e. The molecule has 184 valence electrons. The molecule has 1 atom stereocenters. The van der Waals surface area contributed by atoms with Gasteiger partial charge in [-0.05, 0) is 42.3 Å². The number of hydrogen-bond donors (Lipinski definition) is 1. The Kier molecular flexibility index (Phi) is 7.75. The number of carbonyl (C=O) groups excluding carboxylic acids is 1.